The average Bonchev–Trinajstić information content (AvgIpc) is 3.11. The third kappa shape index (κ3) is 4.61. The van der Waals surface area contributed by atoms with Crippen LogP contribution in [-0.2, 0) is 11.3 Å². The number of esters is 1. The number of hydrogen-bond acceptors (Lipinski definition) is 7. The molecule has 35 heavy (non-hydrogen) atoms. The highest BCUT2D eigenvalue weighted by Crippen LogP contribution is 2.35. The molecule has 3 aromatic rings. The van der Waals surface area contributed by atoms with Crippen molar-refractivity contribution in [3.63, 3.8) is 0 Å². The van der Waals surface area contributed by atoms with Gasteiger partial charge in [-0.15, -0.1) is 0 Å². The SMILES string of the molecule is COc1cc(C(=O)OCC(=O)c2ccc(F)cc2)cc(CN2C(=O)c3ccccc3C2=O)c1OC. The van der Waals surface area contributed by atoms with Crippen LogP contribution in [0, 0.1) is 5.82 Å². The fourth-order valence-corrected chi connectivity index (χ4v) is 3.77. The van der Waals surface area contributed by atoms with Gasteiger partial charge in [0.2, 0.25) is 0 Å². The maximum Gasteiger partial charge on any atom is 0.338 e. The summed E-state index contributed by atoms with van der Waals surface area (Å²) in [5.41, 5.74) is 1.13. The molecule has 0 fully saturated rings. The number of fused-ring (bicyclic) bond motifs is 1. The molecule has 4 rings (SSSR count). The molecular formula is C26H20FNO7. The van der Waals surface area contributed by atoms with E-state index in [-0.39, 0.29) is 29.2 Å². The molecule has 0 radical (unpaired) electrons. The molecule has 1 heterocycles. The van der Waals surface area contributed by atoms with Crippen molar-refractivity contribution < 1.29 is 37.8 Å². The highest BCUT2D eigenvalue weighted by Gasteiger charge is 2.36. The Labute approximate surface area is 199 Å². The first-order valence-electron chi connectivity index (χ1n) is 10.5. The van der Waals surface area contributed by atoms with Gasteiger partial charge in [0.1, 0.15) is 5.82 Å². The molecule has 0 saturated heterocycles. The van der Waals surface area contributed by atoms with Crippen molar-refractivity contribution in [3.8, 4) is 11.5 Å². The lowest BCUT2D eigenvalue weighted by molar-refractivity contribution is 0.0474. The third-order valence-electron chi connectivity index (χ3n) is 5.50. The number of hydrogen-bond donors (Lipinski definition) is 0. The topological polar surface area (TPSA) is 99.2 Å². The summed E-state index contributed by atoms with van der Waals surface area (Å²) in [5, 5.41) is 0. The lowest BCUT2D eigenvalue weighted by Crippen LogP contribution is -2.29. The van der Waals surface area contributed by atoms with Crippen molar-refractivity contribution in [2.75, 3.05) is 20.8 Å². The maximum absolute atomic E-state index is 13.1. The molecule has 9 heteroatoms. The molecule has 3 aromatic carbocycles. The van der Waals surface area contributed by atoms with E-state index >= 15 is 0 Å². The summed E-state index contributed by atoms with van der Waals surface area (Å²) in [6.07, 6.45) is 0. The zero-order chi connectivity index (χ0) is 25.1. The van der Waals surface area contributed by atoms with Gasteiger partial charge < -0.3 is 14.2 Å². The molecule has 0 aromatic heterocycles. The van der Waals surface area contributed by atoms with Gasteiger partial charge in [0.05, 0.1) is 37.5 Å². The highest BCUT2D eigenvalue weighted by atomic mass is 19.1. The van der Waals surface area contributed by atoms with E-state index in [1.165, 1.54) is 38.5 Å². The fraction of sp³-hybridized carbons (Fsp3) is 0.154. The summed E-state index contributed by atoms with van der Waals surface area (Å²) < 4.78 is 28.9. The van der Waals surface area contributed by atoms with Crippen LogP contribution in [0.5, 0.6) is 11.5 Å². The minimum absolute atomic E-state index is 0.0289. The molecule has 1 aliphatic heterocycles. The minimum atomic E-state index is -0.829. The largest absolute Gasteiger partial charge is 0.493 e. The predicted molar refractivity (Wildman–Crippen MR) is 121 cm³/mol. The van der Waals surface area contributed by atoms with E-state index in [0.717, 1.165) is 17.0 Å². The molecule has 8 nitrogen and oxygen atoms in total. The number of ketones is 1. The van der Waals surface area contributed by atoms with Crippen LogP contribution in [0.1, 0.15) is 47.0 Å². The van der Waals surface area contributed by atoms with Crippen molar-refractivity contribution in [2.24, 2.45) is 0 Å². The van der Waals surface area contributed by atoms with E-state index in [1.807, 2.05) is 0 Å². The Hall–Kier alpha value is -4.53. The first-order valence-corrected chi connectivity index (χ1v) is 10.5. The maximum atomic E-state index is 13.1. The second-order valence-electron chi connectivity index (χ2n) is 7.62. The normalized spacial score (nSPS) is 12.4. The van der Waals surface area contributed by atoms with Gasteiger partial charge in [-0.1, -0.05) is 12.1 Å². The second-order valence-corrected chi connectivity index (χ2v) is 7.62. The molecule has 0 saturated carbocycles. The van der Waals surface area contributed by atoms with Crippen LogP contribution in [0.25, 0.3) is 0 Å². The van der Waals surface area contributed by atoms with E-state index in [1.54, 1.807) is 24.3 Å². The van der Waals surface area contributed by atoms with Crippen molar-refractivity contribution in [1.29, 1.82) is 0 Å². The van der Waals surface area contributed by atoms with Crippen molar-refractivity contribution in [2.45, 2.75) is 6.54 Å². The van der Waals surface area contributed by atoms with E-state index in [4.69, 9.17) is 14.2 Å². The number of methoxy groups -OCH3 is 2. The van der Waals surface area contributed by atoms with Gasteiger partial charge in [0.25, 0.3) is 11.8 Å². The zero-order valence-electron chi connectivity index (χ0n) is 18.9. The molecule has 0 N–H and O–H groups in total. The fourth-order valence-electron chi connectivity index (χ4n) is 3.77. The number of carbonyl (C=O) groups excluding carboxylic acids is 4. The Morgan fingerprint density at radius 1 is 0.857 bits per heavy atom. The summed E-state index contributed by atoms with van der Waals surface area (Å²) in [6, 6.07) is 14.1. The Kier molecular flexibility index (Phi) is 6.59. The number of Topliss-reactive ketones (excluding diaryl/α,β-unsaturated/α-hetero) is 1. The van der Waals surface area contributed by atoms with Gasteiger partial charge in [-0.05, 0) is 48.5 Å². The highest BCUT2D eigenvalue weighted by molar-refractivity contribution is 6.21. The number of imide groups is 1. The second kappa shape index (κ2) is 9.76. The number of ether oxygens (including phenoxy) is 3. The van der Waals surface area contributed by atoms with E-state index in [2.05, 4.69) is 0 Å². The van der Waals surface area contributed by atoms with Gasteiger partial charge in [0, 0.05) is 11.1 Å². The van der Waals surface area contributed by atoms with Crippen molar-refractivity contribution >= 4 is 23.6 Å². The molecule has 1 aliphatic rings. The number of amides is 2. The smallest absolute Gasteiger partial charge is 0.338 e. The summed E-state index contributed by atoms with van der Waals surface area (Å²) in [4.78, 5) is 51.6. The molecule has 0 bridgehead atoms. The van der Waals surface area contributed by atoms with E-state index in [0.29, 0.717) is 16.7 Å². The van der Waals surface area contributed by atoms with Crippen LogP contribution in [-0.4, -0.2) is 49.3 Å². The van der Waals surface area contributed by atoms with E-state index < -0.39 is 36.0 Å². The van der Waals surface area contributed by atoms with Gasteiger partial charge in [-0.25, -0.2) is 9.18 Å². The van der Waals surface area contributed by atoms with Gasteiger partial charge in [-0.3, -0.25) is 19.3 Å². The quantitative estimate of drug-likeness (QED) is 0.277. The Bertz CT molecular complexity index is 1300. The summed E-state index contributed by atoms with van der Waals surface area (Å²) in [6.45, 7) is -0.742. The van der Waals surface area contributed by atoms with Crippen molar-refractivity contribution in [1.82, 2.24) is 4.90 Å². The monoisotopic (exact) mass is 477 g/mol. The third-order valence-corrected chi connectivity index (χ3v) is 5.50. The van der Waals surface area contributed by atoms with Gasteiger partial charge in [0.15, 0.2) is 23.9 Å². The van der Waals surface area contributed by atoms with Gasteiger partial charge in [-0.2, -0.15) is 0 Å². The average molecular weight is 477 g/mol. The first-order chi connectivity index (χ1) is 16.8. The number of carbonyl (C=O) groups is 4. The lowest BCUT2D eigenvalue weighted by atomic mass is 10.1. The number of rotatable bonds is 8. The van der Waals surface area contributed by atoms with Crippen LogP contribution in [0.4, 0.5) is 4.39 Å². The van der Waals surface area contributed by atoms with Crippen LogP contribution < -0.4 is 9.47 Å². The predicted octanol–water partition coefficient (Wildman–Crippen LogP) is 3.68. The standard InChI is InChI=1S/C26H20FNO7/c1-33-22-12-16(26(32)35-14-21(29)15-7-9-18(27)10-8-15)11-17(23(22)34-2)13-28-24(30)19-5-3-4-6-20(19)25(28)31/h3-12H,13-14H2,1-2H3. The van der Waals surface area contributed by atoms with E-state index in [9.17, 15) is 23.6 Å². The Morgan fingerprint density at radius 2 is 1.49 bits per heavy atom. The number of nitrogens with zero attached hydrogens (tertiary/aromatic N) is 1. The molecule has 0 unspecified atom stereocenters. The minimum Gasteiger partial charge on any atom is -0.493 e. The number of halogens is 1. The molecule has 0 spiro atoms. The van der Waals surface area contributed by atoms with Crippen molar-refractivity contribution in [3.05, 3.63) is 94.3 Å². The van der Waals surface area contributed by atoms with Crippen LogP contribution in [0.2, 0.25) is 0 Å². The van der Waals surface area contributed by atoms with Crippen LogP contribution in [0.15, 0.2) is 60.7 Å². The molecular weight excluding hydrogens is 457 g/mol. The molecule has 178 valence electrons. The zero-order valence-corrected chi connectivity index (χ0v) is 18.9. The Balaban J connectivity index is 1.57. The molecule has 0 aliphatic carbocycles. The van der Waals surface area contributed by atoms with Crippen LogP contribution in [0.3, 0.4) is 0 Å². The molecule has 0 atom stereocenters. The van der Waals surface area contributed by atoms with Crippen LogP contribution >= 0.6 is 0 Å². The van der Waals surface area contributed by atoms with Gasteiger partial charge >= 0.3 is 5.97 Å². The lowest BCUT2D eigenvalue weighted by Gasteiger charge is -2.19. The Morgan fingerprint density at radius 3 is 2.06 bits per heavy atom. The molecule has 2 amide bonds. The summed E-state index contributed by atoms with van der Waals surface area (Å²) in [5.74, 6) is -2.35. The first kappa shape index (κ1) is 23.6. The summed E-state index contributed by atoms with van der Waals surface area (Å²) >= 11 is 0. The summed E-state index contributed by atoms with van der Waals surface area (Å²) in [7, 11) is 2.76. The number of benzene rings is 3.